The second-order valence-electron chi connectivity index (χ2n) is 7.19. The van der Waals surface area contributed by atoms with Gasteiger partial charge in [0.1, 0.15) is 11.3 Å². The normalized spacial score (nSPS) is 11.6. The van der Waals surface area contributed by atoms with Gasteiger partial charge in [-0.3, -0.25) is 9.36 Å². The number of rotatable bonds is 11. The highest BCUT2D eigenvalue weighted by Gasteiger charge is 2.17. The van der Waals surface area contributed by atoms with E-state index in [0.29, 0.717) is 18.5 Å². The number of nitrogens with two attached hydrogens (primary N) is 1. The molecule has 0 bridgehead atoms. The number of aromatic amines is 1. The maximum Gasteiger partial charge on any atom is 0.327 e. The van der Waals surface area contributed by atoms with Crippen LogP contribution in [0.2, 0.25) is 0 Å². The lowest BCUT2D eigenvalue weighted by atomic mass is 10.3. The van der Waals surface area contributed by atoms with Crippen LogP contribution in [0.15, 0.2) is 34.0 Å². The summed E-state index contributed by atoms with van der Waals surface area (Å²) >= 11 is 0. The van der Waals surface area contributed by atoms with Crippen molar-refractivity contribution in [3.8, 4) is 11.8 Å². The molecule has 12 nitrogen and oxygen atoms in total. The van der Waals surface area contributed by atoms with Gasteiger partial charge in [-0.15, -0.1) is 0 Å². The lowest BCUT2D eigenvalue weighted by molar-refractivity contribution is -0.131. The lowest BCUT2D eigenvalue weighted by Gasteiger charge is -2.09. The summed E-state index contributed by atoms with van der Waals surface area (Å²) in [5.41, 5.74) is 6.07. The Morgan fingerprint density at radius 1 is 1.27 bits per heavy atom. The third-order valence-electron chi connectivity index (χ3n) is 4.59. The zero-order chi connectivity index (χ0) is 24.0. The van der Waals surface area contributed by atoms with E-state index in [4.69, 9.17) is 15.2 Å². The van der Waals surface area contributed by atoms with E-state index in [1.54, 1.807) is 0 Å². The molecule has 4 N–H and O–H groups in total. The number of hydrogen-bond acceptors (Lipinski definition) is 9. The van der Waals surface area contributed by atoms with Gasteiger partial charge >= 0.3 is 17.7 Å². The summed E-state index contributed by atoms with van der Waals surface area (Å²) in [4.78, 5) is 34.4. The first-order valence-electron chi connectivity index (χ1n) is 10.4. The minimum absolute atomic E-state index is 0.0418. The molecular formula is C20H26N6O6S. The van der Waals surface area contributed by atoms with Crippen molar-refractivity contribution in [1.29, 1.82) is 0 Å². The molecule has 0 aliphatic carbocycles. The number of imidazole rings is 1. The number of unbranched alkanes of at least 4 members (excludes halogenated alkanes) is 1. The summed E-state index contributed by atoms with van der Waals surface area (Å²) in [6.07, 6.45) is 2.06. The molecule has 2 heterocycles. The minimum Gasteiger partial charge on any atom is -0.463 e. The van der Waals surface area contributed by atoms with Gasteiger partial charge in [-0.05, 0) is 25.0 Å². The van der Waals surface area contributed by atoms with Crippen molar-refractivity contribution in [3.63, 3.8) is 0 Å². The number of anilines is 1. The summed E-state index contributed by atoms with van der Waals surface area (Å²) in [7, 11) is -3.84. The molecule has 13 heteroatoms. The van der Waals surface area contributed by atoms with Crippen LogP contribution in [0.3, 0.4) is 0 Å². The lowest BCUT2D eigenvalue weighted by Crippen LogP contribution is -2.27. The summed E-state index contributed by atoms with van der Waals surface area (Å²) in [5, 5.41) is 0. The van der Waals surface area contributed by atoms with Crippen molar-refractivity contribution in [2.75, 3.05) is 18.9 Å². The van der Waals surface area contributed by atoms with Crippen LogP contribution in [0.5, 0.6) is 11.8 Å². The Morgan fingerprint density at radius 3 is 2.79 bits per heavy atom. The molecule has 0 radical (unpaired) electrons. The van der Waals surface area contributed by atoms with E-state index >= 15 is 0 Å². The molecular weight excluding hydrogens is 452 g/mol. The zero-order valence-corrected chi connectivity index (χ0v) is 19.1. The summed E-state index contributed by atoms with van der Waals surface area (Å²) in [6, 6.07) is 5.68. The van der Waals surface area contributed by atoms with E-state index in [1.165, 1.54) is 35.8 Å². The van der Waals surface area contributed by atoms with Gasteiger partial charge in [0, 0.05) is 26.1 Å². The molecule has 0 aliphatic heterocycles. The third-order valence-corrected chi connectivity index (χ3v) is 6.05. The van der Waals surface area contributed by atoms with Crippen molar-refractivity contribution in [3.05, 3.63) is 34.7 Å². The quantitative estimate of drug-likeness (QED) is 0.208. The van der Waals surface area contributed by atoms with E-state index in [0.717, 1.165) is 12.8 Å². The number of carbonyl (C=O) groups excluding carboxylic acids is 1. The molecule has 3 rings (SSSR count). The van der Waals surface area contributed by atoms with Crippen LogP contribution >= 0.6 is 0 Å². The van der Waals surface area contributed by atoms with Gasteiger partial charge in [-0.2, -0.15) is 9.97 Å². The van der Waals surface area contributed by atoms with Crippen LogP contribution in [-0.4, -0.2) is 47.1 Å². The Morgan fingerprint density at radius 2 is 2.06 bits per heavy atom. The highest BCUT2D eigenvalue weighted by atomic mass is 32.2. The molecule has 178 valence electrons. The maximum absolute atomic E-state index is 12.5. The van der Waals surface area contributed by atoms with Gasteiger partial charge in [-0.25, -0.2) is 17.9 Å². The standard InChI is InChI=1S/C20H26N6O6S/c1-3-4-11-31-19-24-17(21)16-18(25-19)26(20(28)23-16)10-6-9-22-33(29,30)15-8-5-7-14(12-15)32-13(2)27/h5,7-8,12,22H,3-4,6,9-11H2,1-2H3,(H,23,28)(H2,21,24,25). The summed E-state index contributed by atoms with van der Waals surface area (Å²) in [5.74, 6) is -0.328. The number of sulfonamides is 1. The van der Waals surface area contributed by atoms with Crippen LogP contribution in [-0.2, 0) is 21.4 Å². The van der Waals surface area contributed by atoms with Crippen LogP contribution < -0.4 is 25.6 Å². The van der Waals surface area contributed by atoms with E-state index in [9.17, 15) is 18.0 Å². The van der Waals surface area contributed by atoms with Crippen molar-refractivity contribution < 1.29 is 22.7 Å². The molecule has 0 saturated carbocycles. The number of carbonyl (C=O) groups is 1. The number of H-pyrrole nitrogens is 1. The zero-order valence-electron chi connectivity index (χ0n) is 18.3. The number of hydrogen-bond donors (Lipinski definition) is 3. The number of fused-ring (bicyclic) bond motifs is 1. The highest BCUT2D eigenvalue weighted by molar-refractivity contribution is 7.89. The molecule has 0 spiro atoms. The largest absolute Gasteiger partial charge is 0.463 e. The number of nitrogen functional groups attached to an aromatic ring is 1. The Balaban J connectivity index is 1.67. The fourth-order valence-corrected chi connectivity index (χ4v) is 4.12. The molecule has 3 aromatic rings. The highest BCUT2D eigenvalue weighted by Crippen LogP contribution is 2.19. The molecule has 0 amide bonds. The van der Waals surface area contributed by atoms with Crippen molar-refractivity contribution >= 4 is 33.0 Å². The molecule has 33 heavy (non-hydrogen) atoms. The topological polar surface area (TPSA) is 171 Å². The predicted octanol–water partition coefficient (Wildman–Crippen LogP) is 1.17. The van der Waals surface area contributed by atoms with E-state index in [-0.39, 0.29) is 41.2 Å². The van der Waals surface area contributed by atoms with E-state index < -0.39 is 21.7 Å². The molecule has 2 aromatic heterocycles. The number of ether oxygens (including phenoxy) is 2. The van der Waals surface area contributed by atoms with E-state index in [2.05, 4.69) is 19.7 Å². The van der Waals surface area contributed by atoms with Gasteiger partial charge in [-0.1, -0.05) is 19.4 Å². The fraction of sp³-hybridized carbons (Fsp3) is 0.400. The van der Waals surface area contributed by atoms with Gasteiger partial charge < -0.3 is 20.2 Å². The Hall–Kier alpha value is -3.45. The molecule has 0 fully saturated rings. The van der Waals surface area contributed by atoms with Crippen molar-refractivity contribution in [1.82, 2.24) is 24.2 Å². The average Bonchev–Trinajstić information content (AvgIpc) is 3.07. The fourth-order valence-electron chi connectivity index (χ4n) is 3.01. The first-order chi connectivity index (χ1) is 15.7. The first kappa shape index (κ1) is 24.2. The SMILES string of the molecule is CCCCOc1nc(N)c2[nH]c(=O)n(CCCNS(=O)(=O)c3cccc(OC(C)=O)c3)c2n1. The van der Waals surface area contributed by atoms with Crippen molar-refractivity contribution in [2.24, 2.45) is 0 Å². The summed E-state index contributed by atoms with van der Waals surface area (Å²) < 4.78 is 39.3. The van der Waals surface area contributed by atoms with Gasteiger partial charge in [0.15, 0.2) is 11.5 Å². The number of nitrogens with zero attached hydrogens (tertiary/aromatic N) is 3. The second-order valence-corrected chi connectivity index (χ2v) is 8.96. The number of esters is 1. The van der Waals surface area contributed by atoms with Gasteiger partial charge in [0.2, 0.25) is 10.0 Å². The van der Waals surface area contributed by atoms with Gasteiger partial charge in [0.05, 0.1) is 11.5 Å². The van der Waals surface area contributed by atoms with Crippen LogP contribution in [0.1, 0.15) is 33.1 Å². The number of nitrogens with one attached hydrogen (secondary N) is 2. The maximum atomic E-state index is 12.5. The molecule has 0 unspecified atom stereocenters. The average molecular weight is 479 g/mol. The van der Waals surface area contributed by atoms with Crippen LogP contribution in [0.25, 0.3) is 11.2 Å². The smallest absolute Gasteiger partial charge is 0.327 e. The van der Waals surface area contributed by atoms with Crippen LogP contribution in [0.4, 0.5) is 5.82 Å². The summed E-state index contributed by atoms with van der Waals surface area (Å²) in [6.45, 7) is 3.91. The first-order valence-corrected chi connectivity index (χ1v) is 11.9. The monoisotopic (exact) mass is 478 g/mol. The van der Waals surface area contributed by atoms with E-state index in [1.807, 2.05) is 6.92 Å². The number of aromatic nitrogens is 4. The Bertz CT molecular complexity index is 1300. The number of aryl methyl sites for hydroxylation is 1. The molecule has 0 aliphatic rings. The predicted molar refractivity (Wildman–Crippen MR) is 121 cm³/mol. The van der Waals surface area contributed by atoms with Crippen molar-refractivity contribution in [2.45, 2.75) is 44.6 Å². The second kappa shape index (κ2) is 10.4. The Kier molecular flexibility index (Phi) is 7.66. The third kappa shape index (κ3) is 6.08. The Labute approximate surface area is 190 Å². The number of benzene rings is 1. The molecule has 0 saturated heterocycles. The molecule has 0 atom stereocenters. The minimum atomic E-state index is -3.84. The van der Waals surface area contributed by atoms with Gasteiger partial charge in [0.25, 0.3) is 0 Å². The molecule has 1 aromatic carbocycles. The van der Waals surface area contributed by atoms with Crippen LogP contribution in [0, 0.1) is 0 Å².